The first-order chi connectivity index (χ1) is 14.4. The topological polar surface area (TPSA) is 93.7 Å². The van der Waals surface area contributed by atoms with Crippen LogP contribution in [0, 0.1) is 0 Å². The average molecular weight is 453 g/mol. The first-order valence-corrected chi connectivity index (χ1v) is 11.7. The van der Waals surface area contributed by atoms with Gasteiger partial charge in [-0.2, -0.15) is 0 Å². The Kier molecular flexibility index (Phi) is 7.58. The molecule has 1 amide bonds. The molecular weight excluding hydrogens is 428 g/mol. The largest absolute Gasteiger partial charge is 0.494 e. The second kappa shape index (κ2) is 10.1. The molecule has 0 bridgehead atoms. The molecule has 0 saturated carbocycles. The molecule has 162 valence electrons. The molecule has 2 N–H and O–H groups in total. The fourth-order valence-electron chi connectivity index (χ4n) is 3.17. The zero-order valence-electron chi connectivity index (χ0n) is 16.7. The number of benzene rings is 2. The lowest BCUT2D eigenvalue weighted by Crippen LogP contribution is -2.27. The van der Waals surface area contributed by atoms with E-state index in [0.29, 0.717) is 24.6 Å². The van der Waals surface area contributed by atoms with Crippen LogP contribution in [0.4, 0.5) is 5.69 Å². The standard InChI is InChI=1S/C21H25ClN2O5S/c1-2-28-18-8-6-16(7-9-18)24-30(26,27)20-14-15(5-10-19(20)22)21(25)23-12-11-17-4-3-13-29-17/h5-10,14,17,24H,2-4,11-13H2,1H3,(H,23,25). The number of hydrogen-bond donors (Lipinski definition) is 2. The van der Waals surface area contributed by atoms with Crippen molar-refractivity contribution in [2.24, 2.45) is 0 Å². The number of halogens is 1. The fraction of sp³-hybridized carbons (Fsp3) is 0.381. The van der Waals surface area contributed by atoms with Crippen molar-refractivity contribution in [1.29, 1.82) is 0 Å². The van der Waals surface area contributed by atoms with Crippen molar-refractivity contribution < 1.29 is 22.7 Å². The van der Waals surface area contributed by atoms with Crippen molar-refractivity contribution in [2.75, 3.05) is 24.5 Å². The Balaban J connectivity index is 1.68. The number of carbonyl (C=O) groups is 1. The van der Waals surface area contributed by atoms with Crippen molar-refractivity contribution >= 4 is 33.2 Å². The van der Waals surface area contributed by atoms with Crippen molar-refractivity contribution in [1.82, 2.24) is 5.32 Å². The van der Waals surface area contributed by atoms with Gasteiger partial charge in [-0.1, -0.05) is 11.6 Å². The van der Waals surface area contributed by atoms with Crippen LogP contribution in [-0.2, 0) is 14.8 Å². The van der Waals surface area contributed by atoms with E-state index in [9.17, 15) is 13.2 Å². The lowest BCUT2D eigenvalue weighted by molar-refractivity contribution is 0.0907. The number of hydrogen-bond acceptors (Lipinski definition) is 5. The molecule has 1 fully saturated rings. The number of rotatable bonds is 9. The molecule has 1 aliphatic rings. The highest BCUT2D eigenvalue weighted by atomic mass is 35.5. The maximum atomic E-state index is 12.8. The molecule has 3 rings (SSSR count). The summed E-state index contributed by atoms with van der Waals surface area (Å²) >= 11 is 6.12. The molecule has 2 aromatic rings. The predicted molar refractivity (Wildman–Crippen MR) is 116 cm³/mol. The molecule has 0 radical (unpaired) electrons. The van der Waals surface area contributed by atoms with Gasteiger partial charge in [0.1, 0.15) is 10.6 Å². The summed E-state index contributed by atoms with van der Waals surface area (Å²) in [5.41, 5.74) is 0.583. The maximum Gasteiger partial charge on any atom is 0.263 e. The molecule has 0 aliphatic carbocycles. The predicted octanol–water partition coefficient (Wildman–Crippen LogP) is 3.84. The SMILES string of the molecule is CCOc1ccc(NS(=O)(=O)c2cc(C(=O)NCCC3CCCO3)ccc2Cl)cc1. The highest BCUT2D eigenvalue weighted by Gasteiger charge is 2.21. The highest BCUT2D eigenvalue weighted by molar-refractivity contribution is 7.92. The first kappa shape index (κ1) is 22.4. The Bertz CT molecular complexity index is 973. The van der Waals surface area contributed by atoms with Gasteiger partial charge in [0.15, 0.2) is 0 Å². The van der Waals surface area contributed by atoms with Crippen LogP contribution in [0.2, 0.25) is 5.02 Å². The molecule has 0 spiro atoms. The summed E-state index contributed by atoms with van der Waals surface area (Å²) in [5, 5.41) is 2.83. The zero-order valence-corrected chi connectivity index (χ0v) is 18.3. The minimum Gasteiger partial charge on any atom is -0.494 e. The smallest absolute Gasteiger partial charge is 0.263 e. The summed E-state index contributed by atoms with van der Waals surface area (Å²) in [4.78, 5) is 12.3. The van der Waals surface area contributed by atoms with Gasteiger partial charge in [0.05, 0.1) is 17.7 Å². The van der Waals surface area contributed by atoms with E-state index < -0.39 is 10.0 Å². The van der Waals surface area contributed by atoms with Crippen LogP contribution in [0.1, 0.15) is 36.5 Å². The summed E-state index contributed by atoms with van der Waals surface area (Å²) in [6.07, 6.45) is 2.93. The van der Waals surface area contributed by atoms with Gasteiger partial charge in [0.25, 0.3) is 15.9 Å². The molecule has 1 aliphatic heterocycles. The van der Waals surface area contributed by atoms with Gasteiger partial charge in [0, 0.05) is 24.4 Å². The van der Waals surface area contributed by atoms with E-state index in [1.807, 2.05) is 6.92 Å². The van der Waals surface area contributed by atoms with Gasteiger partial charge in [0.2, 0.25) is 0 Å². The van der Waals surface area contributed by atoms with Crippen LogP contribution in [0.5, 0.6) is 5.75 Å². The van der Waals surface area contributed by atoms with Crippen LogP contribution < -0.4 is 14.8 Å². The van der Waals surface area contributed by atoms with Crippen molar-refractivity contribution in [3.05, 3.63) is 53.1 Å². The van der Waals surface area contributed by atoms with Gasteiger partial charge >= 0.3 is 0 Å². The normalized spacial score (nSPS) is 16.3. The molecule has 1 heterocycles. The summed E-state index contributed by atoms with van der Waals surface area (Å²) in [7, 11) is -3.98. The zero-order chi connectivity index (χ0) is 21.6. The van der Waals surface area contributed by atoms with Gasteiger partial charge < -0.3 is 14.8 Å². The third-order valence-electron chi connectivity index (χ3n) is 4.68. The Hall–Kier alpha value is -2.29. The second-order valence-corrected chi connectivity index (χ2v) is 8.95. The third-order valence-corrected chi connectivity index (χ3v) is 6.54. The van der Waals surface area contributed by atoms with Crippen molar-refractivity contribution in [2.45, 2.75) is 37.2 Å². The Labute approximate surface area is 181 Å². The lowest BCUT2D eigenvalue weighted by atomic mass is 10.1. The second-order valence-electron chi connectivity index (χ2n) is 6.89. The van der Waals surface area contributed by atoms with Crippen LogP contribution in [-0.4, -0.2) is 40.2 Å². The Morgan fingerprint density at radius 2 is 2.00 bits per heavy atom. The van der Waals surface area contributed by atoms with Crippen LogP contribution in [0.15, 0.2) is 47.4 Å². The minimum atomic E-state index is -3.98. The first-order valence-electron chi connectivity index (χ1n) is 9.84. The van der Waals surface area contributed by atoms with Crippen molar-refractivity contribution in [3.8, 4) is 5.75 Å². The van der Waals surface area contributed by atoms with Crippen LogP contribution in [0.25, 0.3) is 0 Å². The van der Waals surface area contributed by atoms with Gasteiger partial charge in [-0.15, -0.1) is 0 Å². The van der Waals surface area contributed by atoms with E-state index in [4.69, 9.17) is 21.1 Å². The molecule has 0 aromatic heterocycles. The van der Waals surface area contributed by atoms with Gasteiger partial charge in [-0.3, -0.25) is 9.52 Å². The number of nitrogens with one attached hydrogen (secondary N) is 2. The molecule has 1 saturated heterocycles. The molecule has 30 heavy (non-hydrogen) atoms. The molecule has 1 unspecified atom stereocenters. The third kappa shape index (κ3) is 5.87. The van der Waals surface area contributed by atoms with E-state index in [-0.39, 0.29) is 27.5 Å². The summed E-state index contributed by atoms with van der Waals surface area (Å²) < 4.78 is 39.0. The van der Waals surface area contributed by atoms with Crippen molar-refractivity contribution in [3.63, 3.8) is 0 Å². The van der Waals surface area contributed by atoms with Crippen LogP contribution in [0.3, 0.4) is 0 Å². The van der Waals surface area contributed by atoms with Crippen LogP contribution >= 0.6 is 11.6 Å². The fourth-order valence-corrected chi connectivity index (χ4v) is 4.75. The van der Waals surface area contributed by atoms with E-state index in [2.05, 4.69) is 10.0 Å². The minimum absolute atomic E-state index is 0.0318. The molecule has 1 atom stereocenters. The lowest BCUT2D eigenvalue weighted by Gasteiger charge is -2.13. The molecular formula is C21H25ClN2O5S. The van der Waals surface area contributed by atoms with Gasteiger partial charge in [-0.25, -0.2) is 8.42 Å². The highest BCUT2D eigenvalue weighted by Crippen LogP contribution is 2.26. The van der Waals surface area contributed by atoms with E-state index in [1.54, 1.807) is 24.3 Å². The van der Waals surface area contributed by atoms with Gasteiger partial charge in [-0.05, 0) is 68.7 Å². The maximum absolute atomic E-state index is 12.8. The summed E-state index contributed by atoms with van der Waals surface area (Å²) in [5.74, 6) is 0.280. The molecule has 2 aromatic carbocycles. The summed E-state index contributed by atoms with van der Waals surface area (Å²) in [6, 6.07) is 10.7. The molecule has 9 heteroatoms. The molecule has 7 nitrogen and oxygen atoms in total. The number of anilines is 1. The monoisotopic (exact) mass is 452 g/mol. The van der Waals surface area contributed by atoms with E-state index in [1.165, 1.54) is 18.2 Å². The number of carbonyl (C=O) groups excluding carboxylic acids is 1. The van der Waals surface area contributed by atoms with E-state index >= 15 is 0 Å². The number of sulfonamides is 1. The number of amides is 1. The number of ether oxygens (including phenoxy) is 2. The Morgan fingerprint density at radius 1 is 1.23 bits per heavy atom. The average Bonchev–Trinajstić information content (AvgIpc) is 3.23. The Morgan fingerprint density at radius 3 is 2.67 bits per heavy atom. The quantitative estimate of drug-likeness (QED) is 0.602. The summed E-state index contributed by atoms with van der Waals surface area (Å²) in [6.45, 7) is 3.60. The van der Waals surface area contributed by atoms with E-state index in [0.717, 1.165) is 25.9 Å².